The first-order valence-corrected chi connectivity index (χ1v) is 14.2. The molecule has 1 aliphatic heterocycles. The van der Waals surface area contributed by atoms with E-state index in [0.29, 0.717) is 45.6 Å². The van der Waals surface area contributed by atoms with Gasteiger partial charge in [-0.05, 0) is 67.8 Å². The summed E-state index contributed by atoms with van der Waals surface area (Å²) in [6.07, 6.45) is 1.88. The van der Waals surface area contributed by atoms with E-state index in [9.17, 15) is 14.7 Å². The molecule has 1 fully saturated rings. The number of unbranched alkanes of at least 4 members (excludes halogenated alkanes) is 1. The van der Waals surface area contributed by atoms with Gasteiger partial charge < -0.3 is 19.3 Å². The summed E-state index contributed by atoms with van der Waals surface area (Å²) in [5.41, 5.74) is 3.42. The van der Waals surface area contributed by atoms with Gasteiger partial charge in [0.05, 0.1) is 42.7 Å². The number of methoxy groups -OCH3 is 2. The molecule has 0 radical (unpaired) electrons. The number of benzene rings is 3. The third kappa shape index (κ3) is 5.25. The number of Topliss-reactive ketones (excluding diaryl/α,β-unsaturated/α-hetero) is 1. The molecule has 4 aromatic rings. The zero-order valence-corrected chi connectivity index (χ0v) is 24.5. The van der Waals surface area contributed by atoms with Crippen molar-refractivity contribution in [1.29, 1.82) is 0 Å². The molecular formula is C32H32N2O6S. The minimum atomic E-state index is -0.948. The van der Waals surface area contributed by atoms with Crippen LogP contribution in [0.25, 0.3) is 16.0 Å². The number of carbonyl (C=O) groups is 2. The van der Waals surface area contributed by atoms with E-state index in [4.69, 9.17) is 19.2 Å². The maximum Gasteiger partial charge on any atom is 0.301 e. The fourth-order valence-electron chi connectivity index (χ4n) is 4.90. The zero-order chi connectivity index (χ0) is 29.3. The Bertz CT molecular complexity index is 1670. The molecule has 212 valence electrons. The van der Waals surface area contributed by atoms with Crippen molar-refractivity contribution in [3.05, 3.63) is 82.4 Å². The minimum Gasteiger partial charge on any atom is -0.507 e. The number of thiazole rings is 1. The standard InChI is InChI=1S/C32H32N2O6S/c1-6-7-14-40-24-13-10-20(16-25(24)39-5)28-27(29(35)22-15-18(2)8-9-19(22)3)30(36)31(37)34(28)32-33-23-12-11-21(38-4)17-26(23)41-32/h8-13,15-17,28,35H,6-7,14H2,1-5H3/b29-27+. The SMILES string of the molecule is CCCCOc1ccc(C2/C(=C(\O)c3cc(C)ccc3C)C(=O)C(=O)N2c2nc3ccc(OC)cc3s2)cc1OC. The molecule has 3 aromatic carbocycles. The van der Waals surface area contributed by atoms with Gasteiger partial charge in [-0.15, -0.1) is 0 Å². The van der Waals surface area contributed by atoms with E-state index in [1.54, 1.807) is 44.6 Å². The molecule has 0 saturated carbocycles. The fourth-order valence-corrected chi connectivity index (χ4v) is 5.92. The van der Waals surface area contributed by atoms with Gasteiger partial charge in [0.2, 0.25) is 0 Å². The lowest BCUT2D eigenvalue weighted by Gasteiger charge is -2.24. The molecule has 2 heterocycles. The Balaban J connectivity index is 1.71. The highest BCUT2D eigenvalue weighted by molar-refractivity contribution is 7.22. The van der Waals surface area contributed by atoms with Crippen LogP contribution in [0.1, 0.15) is 48.1 Å². The van der Waals surface area contributed by atoms with Gasteiger partial charge in [-0.3, -0.25) is 14.5 Å². The highest BCUT2D eigenvalue weighted by Crippen LogP contribution is 2.46. The fraction of sp³-hybridized carbons (Fsp3) is 0.281. The van der Waals surface area contributed by atoms with Gasteiger partial charge >= 0.3 is 5.91 Å². The van der Waals surface area contributed by atoms with Crippen LogP contribution < -0.4 is 19.1 Å². The number of aryl methyl sites for hydroxylation is 2. The van der Waals surface area contributed by atoms with Crippen LogP contribution in [0.4, 0.5) is 5.13 Å². The summed E-state index contributed by atoms with van der Waals surface area (Å²) < 4.78 is 17.7. The van der Waals surface area contributed by atoms with E-state index in [-0.39, 0.29) is 11.3 Å². The van der Waals surface area contributed by atoms with Crippen molar-refractivity contribution in [2.75, 3.05) is 25.7 Å². The molecule has 0 aliphatic carbocycles. The van der Waals surface area contributed by atoms with Crippen molar-refractivity contribution in [2.45, 2.75) is 39.7 Å². The van der Waals surface area contributed by atoms with Gasteiger partial charge in [-0.25, -0.2) is 4.98 Å². The summed E-state index contributed by atoms with van der Waals surface area (Å²) in [5, 5.41) is 12.0. The number of hydrogen-bond donors (Lipinski definition) is 1. The number of aliphatic hydroxyl groups excluding tert-OH is 1. The van der Waals surface area contributed by atoms with Crippen LogP contribution in [-0.4, -0.2) is 42.6 Å². The van der Waals surface area contributed by atoms with Crippen molar-refractivity contribution in [3.8, 4) is 17.2 Å². The van der Waals surface area contributed by atoms with Crippen LogP contribution in [0.15, 0.2) is 60.2 Å². The summed E-state index contributed by atoms with van der Waals surface area (Å²) in [7, 11) is 3.12. The number of hydrogen-bond acceptors (Lipinski definition) is 8. The summed E-state index contributed by atoms with van der Waals surface area (Å²) >= 11 is 1.27. The topological polar surface area (TPSA) is 98.2 Å². The van der Waals surface area contributed by atoms with Gasteiger partial charge in [0.25, 0.3) is 5.78 Å². The quantitative estimate of drug-likeness (QED) is 0.103. The second-order valence-electron chi connectivity index (χ2n) is 9.93. The molecular weight excluding hydrogens is 540 g/mol. The van der Waals surface area contributed by atoms with Crippen molar-refractivity contribution in [2.24, 2.45) is 0 Å². The number of fused-ring (bicyclic) bond motifs is 1. The zero-order valence-electron chi connectivity index (χ0n) is 23.7. The highest BCUT2D eigenvalue weighted by Gasteiger charge is 2.48. The number of amides is 1. The van der Waals surface area contributed by atoms with Gasteiger partial charge in [0, 0.05) is 5.56 Å². The van der Waals surface area contributed by atoms with Crippen LogP contribution >= 0.6 is 11.3 Å². The number of ether oxygens (including phenoxy) is 3. The normalized spacial score (nSPS) is 16.4. The van der Waals surface area contributed by atoms with Gasteiger partial charge in [-0.1, -0.05) is 48.4 Å². The Labute approximate surface area is 242 Å². The van der Waals surface area contributed by atoms with Gasteiger partial charge in [0.15, 0.2) is 16.6 Å². The van der Waals surface area contributed by atoms with Crippen molar-refractivity contribution in [1.82, 2.24) is 4.98 Å². The number of rotatable bonds is 9. The molecule has 1 aliphatic rings. The molecule has 0 spiro atoms. The van der Waals surface area contributed by atoms with Gasteiger partial charge in [-0.2, -0.15) is 0 Å². The molecule has 0 bridgehead atoms. The Morgan fingerprint density at radius 1 is 1.00 bits per heavy atom. The Hall–Kier alpha value is -4.37. The Morgan fingerprint density at radius 2 is 1.80 bits per heavy atom. The number of aromatic nitrogens is 1. The predicted molar refractivity (Wildman–Crippen MR) is 160 cm³/mol. The lowest BCUT2D eigenvalue weighted by Crippen LogP contribution is -2.29. The summed E-state index contributed by atoms with van der Waals surface area (Å²) in [6.45, 7) is 6.38. The summed E-state index contributed by atoms with van der Waals surface area (Å²) in [6, 6.07) is 15.4. The second-order valence-corrected chi connectivity index (χ2v) is 10.9. The third-order valence-electron chi connectivity index (χ3n) is 7.14. The molecule has 1 atom stereocenters. The third-order valence-corrected chi connectivity index (χ3v) is 8.16. The van der Waals surface area contributed by atoms with Crippen LogP contribution in [0.3, 0.4) is 0 Å². The lowest BCUT2D eigenvalue weighted by atomic mass is 9.93. The van der Waals surface area contributed by atoms with Crippen LogP contribution in [0, 0.1) is 13.8 Å². The molecule has 8 nitrogen and oxygen atoms in total. The first-order valence-electron chi connectivity index (χ1n) is 13.4. The molecule has 1 saturated heterocycles. The van der Waals surface area contributed by atoms with Crippen molar-refractivity contribution >= 4 is 44.1 Å². The molecule has 1 N–H and O–H groups in total. The average molecular weight is 573 g/mol. The minimum absolute atomic E-state index is 0.0118. The van der Waals surface area contributed by atoms with E-state index in [1.165, 1.54) is 16.2 Å². The molecule has 5 rings (SSSR count). The largest absolute Gasteiger partial charge is 0.507 e. The molecule has 9 heteroatoms. The van der Waals surface area contributed by atoms with E-state index in [0.717, 1.165) is 28.7 Å². The Morgan fingerprint density at radius 3 is 2.54 bits per heavy atom. The number of anilines is 1. The first-order chi connectivity index (χ1) is 19.8. The molecule has 1 aromatic heterocycles. The van der Waals surface area contributed by atoms with Crippen molar-refractivity contribution < 1.29 is 28.9 Å². The van der Waals surface area contributed by atoms with Crippen LogP contribution in [0.5, 0.6) is 17.2 Å². The second kappa shape index (κ2) is 11.6. The number of carbonyl (C=O) groups excluding carboxylic acids is 2. The number of ketones is 1. The monoisotopic (exact) mass is 572 g/mol. The van der Waals surface area contributed by atoms with E-state index in [1.807, 2.05) is 38.1 Å². The molecule has 1 amide bonds. The summed E-state index contributed by atoms with van der Waals surface area (Å²) in [5.74, 6) is -0.109. The van der Waals surface area contributed by atoms with Crippen molar-refractivity contribution in [3.63, 3.8) is 0 Å². The van der Waals surface area contributed by atoms with Gasteiger partial charge in [0.1, 0.15) is 11.5 Å². The molecule has 1 unspecified atom stereocenters. The van der Waals surface area contributed by atoms with E-state index >= 15 is 0 Å². The summed E-state index contributed by atoms with van der Waals surface area (Å²) in [4.78, 5) is 33.4. The smallest absolute Gasteiger partial charge is 0.301 e. The molecule has 41 heavy (non-hydrogen) atoms. The highest BCUT2D eigenvalue weighted by atomic mass is 32.1. The van der Waals surface area contributed by atoms with Crippen LogP contribution in [0.2, 0.25) is 0 Å². The van der Waals surface area contributed by atoms with E-state index in [2.05, 4.69) is 6.92 Å². The Kier molecular flexibility index (Phi) is 7.99. The van der Waals surface area contributed by atoms with E-state index < -0.39 is 17.7 Å². The average Bonchev–Trinajstić information content (AvgIpc) is 3.51. The van der Waals surface area contributed by atoms with Crippen LogP contribution in [-0.2, 0) is 9.59 Å². The number of nitrogens with zero attached hydrogens (tertiary/aromatic N) is 2. The maximum absolute atomic E-state index is 13.7. The number of aliphatic hydroxyl groups is 1. The maximum atomic E-state index is 13.7. The first kappa shape index (κ1) is 28.2. The lowest BCUT2D eigenvalue weighted by molar-refractivity contribution is -0.132. The predicted octanol–water partition coefficient (Wildman–Crippen LogP) is 6.74.